The number of halogens is 3. The minimum atomic E-state index is -4.87. The number of pyridine rings is 1. The van der Waals surface area contributed by atoms with Crippen LogP contribution in [0.15, 0.2) is 6.20 Å². The molecule has 0 atom stereocenters. The van der Waals surface area contributed by atoms with Gasteiger partial charge in [-0.1, -0.05) is 0 Å². The molecule has 0 aliphatic carbocycles. The third-order valence-electron chi connectivity index (χ3n) is 1.70. The number of alkyl halides is 3. The second kappa shape index (κ2) is 4.14. The Labute approximate surface area is 88.4 Å². The zero-order valence-corrected chi connectivity index (χ0v) is 7.88. The van der Waals surface area contributed by atoms with Gasteiger partial charge in [0.1, 0.15) is 5.82 Å². The molecule has 0 fully saturated rings. The fraction of sp³-hybridized carbons (Fsp3) is 0.250. The molecule has 0 bridgehead atoms. The summed E-state index contributed by atoms with van der Waals surface area (Å²) < 4.78 is 39.4. The summed E-state index contributed by atoms with van der Waals surface area (Å²) in [5, 5.41) is 8.44. The summed E-state index contributed by atoms with van der Waals surface area (Å²) in [6.07, 6.45) is -4.34. The molecular weight excluding hydrogens is 225 g/mol. The Morgan fingerprint density at radius 3 is 2.56 bits per heavy atom. The van der Waals surface area contributed by atoms with Crippen molar-refractivity contribution >= 4 is 11.5 Å². The van der Waals surface area contributed by atoms with Crippen molar-refractivity contribution in [3.05, 3.63) is 11.8 Å². The van der Waals surface area contributed by atoms with Gasteiger partial charge in [0, 0.05) is 5.56 Å². The van der Waals surface area contributed by atoms with E-state index in [0.29, 0.717) is 0 Å². The van der Waals surface area contributed by atoms with Gasteiger partial charge < -0.3 is 16.2 Å². The summed E-state index contributed by atoms with van der Waals surface area (Å²) in [5.74, 6) is -0.750. The van der Waals surface area contributed by atoms with Crippen LogP contribution in [0.3, 0.4) is 0 Å². The summed E-state index contributed by atoms with van der Waals surface area (Å²) in [6, 6.07) is 1.72. The highest BCUT2D eigenvalue weighted by atomic mass is 19.4. The molecule has 16 heavy (non-hydrogen) atoms. The summed E-state index contributed by atoms with van der Waals surface area (Å²) in [5.41, 5.74) is 10.4. The summed E-state index contributed by atoms with van der Waals surface area (Å²) in [4.78, 5) is 3.46. The second-order valence-corrected chi connectivity index (χ2v) is 2.78. The number of ether oxygens (including phenoxy) is 1. The van der Waals surface area contributed by atoms with Crippen molar-refractivity contribution in [2.24, 2.45) is 0 Å². The van der Waals surface area contributed by atoms with Gasteiger partial charge in [0.2, 0.25) is 0 Å². The van der Waals surface area contributed by atoms with Crippen LogP contribution >= 0.6 is 0 Å². The van der Waals surface area contributed by atoms with Crippen molar-refractivity contribution in [2.45, 2.75) is 12.8 Å². The van der Waals surface area contributed by atoms with E-state index in [1.165, 1.54) is 0 Å². The van der Waals surface area contributed by atoms with E-state index in [4.69, 9.17) is 16.7 Å². The molecule has 86 valence electrons. The van der Waals surface area contributed by atoms with E-state index in [9.17, 15) is 13.2 Å². The number of nitrogens with zero attached hydrogens (tertiary/aromatic N) is 2. The summed E-state index contributed by atoms with van der Waals surface area (Å²) >= 11 is 0. The fourth-order valence-corrected chi connectivity index (χ4v) is 1.03. The average Bonchev–Trinajstić information content (AvgIpc) is 2.15. The maximum absolute atomic E-state index is 11.9. The Balaban J connectivity index is 3.14. The molecule has 0 aliphatic rings. The number of anilines is 2. The normalized spacial score (nSPS) is 10.9. The predicted octanol–water partition coefficient (Wildman–Crippen LogP) is 1.21. The lowest BCUT2D eigenvalue weighted by atomic mass is 10.1. The molecule has 8 heteroatoms. The first kappa shape index (κ1) is 11.9. The lowest BCUT2D eigenvalue weighted by Crippen LogP contribution is -2.19. The first-order chi connectivity index (χ1) is 7.35. The van der Waals surface area contributed by atoms with E-state index in [1.54, 1.807) is 6.07 Å². The fourth-order valence-electron chi connectivity index (χ4n) is 1.03. The zero-order chi connectivity index (χ0) is 12.3. The van der Waals surface area contributed by atoms with Gasteiger partial charge in [0.25, 0.3) is 0 Å². The Morgan fingerprint density at radius 2 is 2.06 bits per heavy atom. The van der Waals surface area contributed by atoms with Crippen LogP contribution in [0.25, 0.3) is 0 Å². The lowest BCUT2D eigenvalue weighted by Gasteiger charge is -2.13. The van der Waals surface area contributed by atoms with Crippen LogP contribution in [0.5, 0.6) is 5.75 Å². The quantitative estimate of drug-likeness (QED) is 0.798. The number of nitriles is 1. The molecule has 0 unspecified atom stereocenters. The molecule has 0 aromatic carbocycles. The highest BCUT2D eigenvalue weighted by Gasteiger charge is 2.32. The van der Waals surface area contributed by atoms with Crippen LogP contribution in [0.1, 0.15) is 5.56 Å². The van der Waals surface area contributed by atoms with Crippen LogP contribution in [-0.4, -0.2) is 11.3 Å². The minimum Gasteiger partial charge on any atom is -0.402 e. The molecule has 5 nitrogen and oxygen atoms in total. The van der Waals surface area contributed by atoms with Crippen molar-refractivity contribution < 1.29 is 17.9 Å². The van der Waals surface area contributed by atoms with E-state index in [2.05, 4.69) is 9.72 Å². The SMILES string of the molecule is N#CCc1c(N)ncc(OC(F)(F)F)c1N. The van der Waals surface area contributed by atoms with E-state index < -0.39 is 12.1 Å². The van der Waals surface area contributed by atoms with Gasteiger partial charge in [-0.2, -0.15) is 5.26 Å². The van der Waals surface area contributed by atoms with Crippen LogP contribution in [0.2, 0.25) is 0 Å². The lowest BCUT2D eigenvalue weighted by molar-refractivity contribution is -0.274. The second-order valence-electron chi connectivity index (χ2n) is 2.78. The van der Waals surface area contributed by atoms with Gasteiger partial charge >= 0.3 is 6.36 Å². The van der Waals surface area contributed by atoms with E-state index in [-0.39, 0.29) is 23.5 Å². The van der Waals surface area contributed by atoms with Crippen molar-refractivity contribution in [1.82, 2.24) is 4.98 Å². The van der Waals surface area contributed by atoms with Crippen molar-refractivity contribution in [3.8, 4) is 11.8 Å². The third kappa shape index (κ3) is 2.66. The summed E-state index contributed by atoms with van der Waals surface area (Å²) in [7, 11) is 0. The Kier molecular flexibility index (Phi) is 3.08. The van der Waals surface area contributed by atoms with Crippen LogP contribution in [-0.2, 0) is 6.42 Å². The van der Waals surface area contributed by atoms with Crippen molar-refractivity contribution in [1.29, 1.82) is 5.26 Å². The molecule has 0 amide bonds. The molecule has 4 N–H and O–H groups in total. The molecule has 0 radical (unpaired) electrons. The highest BCUT2D eigenvalue weighted by molar-refractivity contribution is 5.65. The summed E-state index contributed by atoms with van der Waals surface area (Å²) in [6.45, 7) is 0. The molecule has 1 heterocycles. The van der Waals surface area contributed by atoms with Gasteiger partial charge in [-0.15, -0.1) is 13.2 Å². The molecule has 0 saturated carbocycles. The van der Waals surface area contributed by atoms with Crippen LogP contribution < -0.4 is 16.2 Å². The van der Waals surface area contributed by atoms with Gasteiger partial charge in [-0.25, -0.2) is 4.98 Å². The van der Waals surface area contributed by atoms with Gasteiger partial charge in [-0.3, -0.25) is 0 Å². The van der Waals surface area contributed by atoms with Crippen LogP contribution in [0, 0.1) is 11.3 Å². The molecule has 1 aromatic rings. The molecule has 0 spiro atoms. The van der Waals surface area contributed by atoms with E-state index in [1.807, 2.05) is 0 Å². The molecule has 0 saturated heterocycles. The third-order valence-corrected chi connectivity index (χ3v) is 1.70. The largest absolute Gasteiger partial charge is 0.573 e. The minimum absolute atomic E-state index is 0.0317. The molecule has 1 rings (SSSR count). The molecule has 1 aromatic heterocycles. The first-order valence-corrected chi connectivity index (χ1v) is 4.00. The predicted molar refractivity (Wildman–Crippen MR) is 49.1 cm³/mol. The Bertz CT molecular complexity index is 438. The van der Waals surface area contributed by atoms with Gasteiger partial charge in [0.05, 0.1) is 24.4 Å². The first-order valence-electron chi connectivity index (χ1n) is 4.00. The van der Waals surface area contributed by atoms with Crippen LogP contribution in [0.4, 0.5) is 24.7 Å². The van der Waals surface area contributed by atoms with E-state index in [0.717, 1.165) is 6.20 Å². The molecular formula is C8H7F3N4O. The monoisotopic (exact) mass is 232 g/mol. The number of hydrogen-bond acceptors (Lipinski definition) is 5. The van der Waals surface area contributed by atoms with Crippen molar-refractivity contribution in [3.63, 3.8) is 0 Å². The highest BCUT2D eigenvalue weighted by Crippen LogP contribution is 2.32. The number of nitrogens with two attached hydrogens (primary N) is 2. The van der Waals surface area contributed by atoms with E-state index >= 15 is 0 Å². The Morgan fingerprint density at radius 1 is 1.44 bits per heavy atom. The standard InChI is InChI=1S/C8H7F3N4O/c9-8(10,11)16-5-3-15-7(14)4(1-2-12)6(5)13/h3H,1H2,(H4,13,14,15). The number of rotatable bonds is 2. The van der Waals surface area contributed by atoms with Gasteiger partial charge in [0.15, 0.2) is 5.75 Å². The smallest absolute Gasteiger partial charge is 0.402 e. The maximum Gasteiger partial charge on any atom is 0.573 e. The van der Waals surface area contributed by atoms with Crippen molar-refractivity contribution in [2.75, 3.05) is 11.5 Å². The number of nitrogen functional groups attached to an aromatic ring is 2. The Hall–Kier alpha value is -2.17. The van der Waals surface area contributed by atoms with Gasteiger partial charge in [-0.05, 0) is 0 Å². The topological polar surface area (TPSA) is 98.0 Å². The average molecular weight is 232 g/mol. The number of aromatic nitrogens is 1. The number of hydrogen-bond donors (Lipinski definition) is 2. The zero-order valence-electron chi connectivity index (χ0n) is 7.88. The maximum atomic E-state index is 11.9. The molecule has 0 aliphatic heterocycles.